The van der Waals surface area contributed by atoms with E-state index in [1.807, 2.05) is 0 Å². The molecule has 1 fully saturated rings. The van der Waals surface area contributed by atoms with Gasteiger partial charge >= 0.3 is 0 Å². The monoisotopic (exact) mass is 254 g/mol. The van der Waals surface area contributed by atoms with Crippen LogP contribution >= 0.6 is 12.2 Å². The van der Waals surface area contributed by atoms with Gasteiger partial charge in [-0.15, -0.1) is 0 Å². The lowest BCUT2D eigenvalue weighted by atomic mass is 10.2. The van der Waals surface area contributed by atoms with Gasteiger partial charge in [0.25, 0.3) is 5.91 Å². The van der Waals surface area contributed by atoms with Gasteiger partial charge in [-0.1, -0.05) is 12.2 Å². The van der Waals surface area contributed by atoms with Crippen molar-refractivity contribution in [3.63, 3.8) is 0 Å². The Morgan fingerprint density at radius 3 is 3.06 bits per heavy atom. The molecule has 1 amide bonds. The van der Waals surface area contributed by atoms with E-state index in [0.29, 0.717) is 25.4 Å². The zero-order chi connectivity index (χ0) is 12.4. The van der Waals surface area contributed by atoms with Crippen molar-refractivity contribution < 1.29 is 9.53 Å². The second-order valence-electron chi connectivity index (χ2n) is 3.90. The van der Waals surface area contributed by atoms with E-state index in [1.165, 1.54) is 0 Å². The third-order valence-corrected chi connectivity index (χ3v) is 2.97. The van der Waals surface area contributed by atoms with Crippen LogP contribution in [0.2, 0.25) is 0 Å². The highest BCUT2D eigenvalue weighted by molar-refractivity contribution is 7.80. The van der Waals surface area contributed by atoms with Crippen LogP contribution in [0, 0.1) is 0 Å². The summed E-state index contributed by atoms with van der Waals surface area (Å²) in [6.07, 6.45) is 2.79. The second-order valence-corrected chi connectivity index (χ2v) is 4.37. The molecule has 1 aromatic heterocycles. The molecule has 7 heteroatoms. The second kappa shape index (κ2) is 4.80. The average Bonchev–Trinajstić information content (AvgIpc) is 2.74. The Bertz CT molecular complexity index is 445. The van der Waals surface area contributed by atoms with Gasteiger partial charge in [0, 0.05) is 13.6 Å². The summed E-state index contributed by atoms with van der Waals surface area (Å²) >= 11 is 4.88. The number of aryl methyl sites for hydroxylation is 1. The number of hydrogen-bond donors (Lipinski definition) is 1. The van der Waals surface area contributed by atoms with Gasteiger partial charge in [-0.05, 0) is 0 Å². The number of amides is 1. The Hall–Kier alpha value is -1.47. The van der Waals surface area contributed by atoms with Crippen LogP contribution in [-0.4, -0.2) is 51.1 Å². The number of aromatic nitrogens is 2. The van der Waals surface area contributed by atoms with Crippen molar-refractivity contribution in [3.05, 3.63) is 18.2 Å². The van der Waals surface area contributed by atoms with Crippen molar-refractivity contribution in [3.8, 4) is 0 Å². The third-order valence-electron chi connectivity index (χ3n) is 2.71. The minimum atomic E-state index is -0.351. The molecular formula is C10H14N4O2S. The van der Waals surface area contributed by atoms with Crippen molar-refractivity contribution in [1.82, 2.24) is 14.5 Å². The molecule has 0 spiro atoms. The van der Waals surface area contributed by atoms with Crippen LogP contribution < -0.4 is 5.73 Å². The molecule has 0 aliphatic carbocycles. The number of hydrogen-bond acceptors (Lipinski definition) is 4. The van der Waals surface area contributed by atoms with Crippen LogP contribution in [0.3, 0.4) is 0 Å². The first-order valence-electron chi connectivity index (χ1n) is 5.26. The minimum Gasteiger partial charge on any atom is -0.391 e. The Labute approximate surface area is 104 Å². The fourth-order valence-electron chi connectivity index (χ4n) is 1.73. The van der Waals surface area contributed by atoms with E-state index < -0.39 is 0 Å². The van der Waals surface area contributed by atoms with Crippen molar-refractivity contribution in [2.75, 3.05) is 19.7 Å². The van der Waals surface area contributed by atoms with Gasteiger partial charge in [0.2, 0.25) is 0 Å². The largest absolute Gasteiger partial charge is 0.391 e. The molecule has 0 aromatic carbocycles. The minimum absolute atomic E-state index is 0.0745. The van der Waals surface area contributed by atoms with Crippen LogP contribution in [-0.2, 0) is 11.8 Å². The summed E-state index contributed by atoms with van der Waals surface area (Å²) in [6, 6.07) is 0. The van der Waals surface area contributed by atoms with Crippen LogP contribution in [0.25, 0.3) is 0 Å². The van der Waals surface area contributed by atoms with Crippen molar-refractivity contribution >= 4 is 23.1 Å². The van der Waals surface area contributed by atoms with E-state index in [1.54, 1.807) is 29.0 Å². The van der Waals surface area contributed by atoms with Crippen LogP contribution in [0.5, 0.6) is 0 Å². The highest BCUT2D eigenvalue weighted by Crippen LogP contribution is 2.10. The first-order valence-corrected chi connectivity index (χ1v) is 5.67. The standard InChI is InChI=1S/C10H14N4O2S/c1-13-6-12-4-7(13)10(15)14-2-3-16-8(5-14)9(11)17/h4,6,8H,2-3,5H2,1H3,(H2,11,17). The lowest BCUT2D eigenvalue weighted by Crippen LogP contribution is -2.50. The summed E-state index contributed by atoms with van der Waals surface area (Å²) in [5, 5.41) is 0. The molecule has 1 saturated heterocycles. The smallest absolute Gasteiger partial charge is 0.272 e. The maximum Gasteiger partial charge on any atom is 0.272 e. The fraction of sp³-hybridized carbons (Fsp3) is 0.500. The van der Waals surface area contributed by atoms with Crippen LogP contribution in [0.15, 0.2) is 12.5 Å². The topological polar surface area (TPSA) is 73.4 Å². The summed E-state index contributed by atoms with van der Waals surface area (Å²) in [7, 11) is 1.78. The molecule has 17 heavy (non-hydrogen) atoms. The maximum atomic E-state index is 12.2. The molecule has 0 bridgehead atoms. The van der Waals surface area contributed by atoms with Crippen LogP contribution in [0.4, 0.5) is 0 Å². The molecule has 0 saturated carbocycles. The van der Waals surface area contributed by atoms with Crippen LogP contribution in [0.1, 0.15) is 10.5 Å². The van der Waals surface area contributed by atoms with Gasteiger partial charge in [-0.2, -0.15) is 0 Å². The molecule has 1 aliphatic heterocycles. The molecule has 92 valence electrons. The number of carbonyl (C=O) groups excluding carboxylic acids is 1. The van der Waals surface area contributed by atoms with Gasteiger partial charge < -0.3 is 19.9 Å². The van der Waals surface area contributed by atoms with Gasteiger partial charge in [0.05, 0.1) is 25.7 Å². The summed E-state index contributed by atoms with van der Waals surface area (Å²) in [5.41, 5.74) is 6.08. The maximum absolute atomic E-state index is 12.2. The highest BCUT2D eigenvalue weighted by Gasteiger charge is 2.27. The summed E-state index contributed by atoms with van der Waals surface area (Å²) in [4.78, 5) is 18.1. The van der Waals surface area contributed by atoms with Gasteiger partial charge in [-0.25, -0.2) is 4.98 Å². The number of thiocarbonyl (C=S) groups is 1. The van der Waals surface area contributed by atoms with Crippen molar-refractivity contribution in [1.29, 1.82) is 0 Å². The quantitative estimate of drug-likeness (QED) is 0.723. The van der Waals surface area contributed by atoms with Gasteiger partial charge in [-0.3, -0.25) is 4.79 Å². The zero-order valence-electron chi connectivity index (χ0n) is 9.50. The SMILES string of the molecule is Cn1cncc1C(=O)N1CCOC(C(N)=S)C1. The average molecular weight is 254 g/mol. The normalized spacial score (nSPS) is 20.3. The molecule has 0 radical (unpaired) electrons. The molecule has 1 aliphatic rings. The van der Waals surface area contributed by atoms with E-state index in [4.69, 9.17) is 22.7 Å². The molecule has 2 heterocycles. The first-order chi connectivity index (χ1) is 8.09. The van der Waals surface area contributed by atoms with E-state index in [9.17, 15) is 4.79 Å². The Balaban J connectivity index is 2.10. The van der Waals surface area contributed by atoms with Crippen molar-refractivity contribution in [2.24, 2.45) is 12.8 Å². The highest BCUT2D eigenvalue weighted by atomic mass is 32.1. The summed E-state index contributed by atoms with van der Waals surface area (Å²) in [5.74, 6) is -0.0745. The molecule has 1 atom stereocenters. The molecular weight excluding hydrogens is 240 g/mol. The van der Waals surface area contributed by atoms with E-state index in [2.05, 4.69) is 4.98 Å². The number of carbonyl (C=O) groups is 1. The van der Waals surface area contributed by atoms with Crippen molar-refractivity contribution in [2.45, 2.75) is 6.10 Å². The van der Waals surface area contributed by atoms with E-state index in [0.717, 1.165) is 0 Å². The Morgan fingerprint density at radius 1 is 1.71 bits per heavy atom. The molecule has 6 nitrogen and oxygen atoms in total. The molecule has 2 rings (SSSR count). The number of nitrogens with two attached hydrogens (primary N) is 1. The summed E-state index contributed by atoms with van der Waals surface area (Å²) < 4.78 is 7.07. The lowest BCUT2D eigenvalue weighted by Gasteiger charge is -2.32. The number of nitrogens with zero attached hydrogens (tertiary/aromatic N) is 3. The number of ether oxygens (including phenoxy) is 1. The third kappa shape index (κ3) is 2.45. The van der Waals surface area contributed by atoms with E-state index in [-0.39, 0.29) is 17.0 Å². The lowest BCUT2D eigenvalue weighted by molar-refractivity contribution is 0.00832. The van der Waals surface area contributed by atoms with E-state index >= 15 is 0 Å². The predicted octanol–water partition coefficient (Wildman–Crippen LogP) is -0.453. The number of morpholine rings is 1. The number of rotatable bonds is 2. The number of imidazole rings is 1. The molecule has 1 aromatic rings. The Kier molecular flexibility index (Phi) is 3.39. The summed E-state index contributed by atoms with van der Waals surface area (Å²) in [6.45, 7) is 1.40. The molecule has 1 unspecified atom stereocenters. The fourth-order valence-corrected chi connectivity index (χ4v) is 1.87. The Morgan fingerprint density at radius 2 is 2.47 bits per heavy atom. The predicted molar refractivity (Wildman–Crippen MR) is 65.6 cm³/mol. The van der Waals surface area contributed by atoms with Gasteiger partial charge in [0.15, 0.2) is 0 Å². The van der Waals surface area contributed by atoms with Gasteiger partial charge in [0.1, 0.15) is 16.8 Å². The first kappa shape index (κ1) is 12.0. The molecule has 2 N–H and O–H groups in total. The zero-order valence-corrected chi connectivity index (χ0v) is 10.3.